The van der Waals surface area contributed by atoms with E-state index in [2.05, 4.69) is 20.2 Å². The molecule has 2 heterocycles. The number of guanidine groups is 1. The van der Waals surface area contributed by atoms with E-state index in [1.807, 2.05) is 30.0 Å². The molecule has 0 atom stereocenters. The number of halogens is 1. The lowest BCUT2D eigenvalue weighted by molar-refractivity contribution is -0.131. The molecule has 152 valence electrons. The predicted molar refractivity (Wildman–Crippen MR) is 119 cm³/mol. The summed E-state index contributed by atoms with van der Waals surface area (Å²) in [4.78, 5) is 25.0. The maximum Gasteiger partial charge on any atom is 0.224 e. The highest BCUT2D eigenvalue weighted by Crippen LogP contribution is 2.12. The van der Waals surface area contributed by atoms with E-state index in [-0.39, 0.29) is 29.9 Å². The average molecular weight is 490 g/mol. The Hall–Kier alpha value is -1.62. The minimum absolute atomic E-state index is 0. The molecule has 1 aliphatic heterocycles. The summed E-state index contributed by atoms with van der Waals surface area (Å²) in [6, 6.07) is 5.89. The van der Waals surface area contributed by atoms with Crippen molar-refractivity contribution in [2.75, 3.05) is 57.4 Å². The number of carbonyl (C=O) groups excluding carboxylic acids is 1. The molecule has 8 nitrogen and oxygen atoms in total. The Kier molecular flexibility index (Phi) is 11.7. The Labute approximate surface area is 178 Å². The van der Waals surface area contributed by atoms with E-state index in [0.29, 0.717) is 32.1 Å². The van der Waals surface area contributed by atoms with Gasteiger partial charge in [0.15, 0.2) is 5.96 Å². The number of rotatable bonds is 9. The monoisotopic (exact) mass is 490 g/mol. The number of ether oxygens (including phenoxy) is 1. The molecule has 3 N–H and O–H groups in total. The Balaban J connectivity index is 0.00000364. The van der Waals surface area contributed by atoms with Gasteiger partial charge in [-0.1, -0.05) is 6.07 Å². The number of piperazine rings is 1. The molecule has 0 aromatic carbocycles. The summed E-state index contributed by atoms with van der Waals surface area (Å²) in [5, 5.41) is 3.00. The van der Waals surface area contributed by atoms with E-state index >= 15 is 0 Å². The van der Waals surface area contributed by atoms with Crippen LogP contribution in [0.25, 0.3) is 0 Å². The molecule has 0 saturated carbocycles. The number of nitrogens with one attached hydrogen (secondary N) is 1. The van der Waals surface area contributed by atoms with Gasteiger partial charge in [0, 0.05) is 65.1 Å². The summed E-state index contributed by atoms with van der Waals surface area (Å²) in [6.07, 6.45) is 3.05. The molecule has 1 fully saturated rings. The van der Waals surface area contributed by atoms with Crippen molar-refractivity contribution in [3.8, 4) is 0 Å². The van der Waals surface area contributed by atoms with E-state index in [1.54, 1.807) is 6.20 Å². The molecule has 0 radical (unpaired) electrons. The van der Waals surface area contributed by atoms with Crippen LogP contribution >= 0.6 is 24.0 Å². The van der Waals surface area contributed by atoms with Gasteiger partial charge in [-0.25, -0.2) is 4.98 Å². The fourth-order valence-corrected chi connectivity index (χ4v) is 2.75. The first kappa shape index (κ1) is 23.4. The standard InChI is InChI=1S/C18H30N6O2.HI/c1-2-26-15-5-9-21-18(19)22-10-7-17(25)24-13-11-23(12-14-24)16-6-3-4-8-20-16;/h3-4,6,8H,2,5,7,9-15H2,1H3,(H3,19,21,22);1H. The molecule has 1 aromatic heterocycles. The first-order chi connectivity index (χ1) is 12.7. The van der Waals surface area contributed by atoms with Crippen molar-refractivity contribution in [2.24, 2.45) is 10.7 Å². The number of aliphatic imine (C=N–C) groups is 1. The van der Waals surface area contributed by atoms with Crippen molar-refractivity contribution in [3.05, 3.63) is 24.4 Å². The van der Waals surface area contributed by atoms with Gasteiger partial charge >= 0.3 is 0 Å². The summed E-state index contributed by atoms with van der Waals surface area (Å²) in [6.45, 7) is 7.55. The van der Waals surface area contributed by atoms with Gasteiger partial charge in [-0.15, -0.1) is 24.0 Å². The highest BCUT2D eigenvalue weighted by atomic mass is 127. The molecule has 0 spiro atoms. The van der Waals surface area contributed by atoms with Crippen LogP contribution in [0, 0.1) is 0 Å². The summed E-state index contributed by atoms with van der Waals surface area (Å²) < 4.78 is 5.24. The number of hydrogen-bond donors (Lipinski definition) is 2. The van der Waals surface area contributed by atoms with Gasteiger partial charge < -0.3 is 25.6 Å². The first-order valence-electron chi connectivity index (χ1n) is 9.26. The van der Waals surface area contributed by atoms with Gasteiger partial charge in [0.25, 0.3) is 0 Å². The van der Waals surface area contributed by atoms with Crippen molar-refractivity contribution in [1.29, 1.82) is 0 Å². The van der Waals surface area contributed by atoms with Crippen molar-refractivity contribution >= 4 is 41.7 Å². The lowest BCUT2D eigenvalue weighted by Crippen LogP contribution is -2.49. The number of carbonyl (C=O) groups is 1. The maximum absolute atomic E-state index is 12.3. The molecule has 9 heteroatoms. The second kappa shape index (κ2) is 13.5. The fourth-order valence-electron chi connectivity index (χ4n) is 2.75. The number of anilines is 1. The first-order valence-corrected chi connectivity index (χ1v) is 9.26. The Bertz CT molecular complexity index is 564. The molecule has 1 aromatic rings. The fraction of sp³-hybridized carbons (Fsp3) is 0.611. The topological polar surface area (TPSA) is 96.1 Å². The van der Waals surface area contributed by atoms with Gasteiger partial charge in [0.2, 0.25) is 5.91 Å². The van der Waals surface area contributed by atoms with Crippen LogP contribution in [0.5, 0.6) is 0 Å². The average Bonchev–Trinajstić information content (AvgIpc) is 2.68. The molecule has 2 rings (SSSR count). The molecular weight excluding hydrogens is 459 g/mol. The van der Waals surface area contributed by atoms with Gasteiger partial charge in [-0.3, -0.25) is 9.79 Å². The number of aromatic nitrogens is 1. The van der Waals surface area contributed by atoms with Crippen LogP contribution in [0.15, 0.2) is 29.4 Å². The predicted octanol–water partition coefficient (Wildman–Crippen LogP) is 1.07. The summed E-state index contributed by atoms with van der Waals surface area (Å²) in [5.41, 5.74) is 5.80. The number of nitrogens with two attached hydrogens (primary N) is 1. The van der Waals surface area contributed by atoms with Crippen LogP contribution in [0.4, 0.5) is 5.82 Å². The summed E-state index contributed by atoms with van der Waals surface area (Å²) in [5.74, 6) is 1.49. The molecule has 1 amide bonds. The third-order valence-electron chi connectivity index (χ3n) is 4.18. The van der Waals surface area contributed by atoms with Crippen LogP contribution in [0.1, 0.15) is 19.8 Å². The third kappa shape index (κ3) is 8.74. The van der Waals surface area contributed by atoms with Gasteiger partial charge in [-0.2, -0.15) is 0 Å². The third-order valence-corrected chi connectivity index (χ3v) is 4.18. The SMILES string of the molecule is CCOCCCN=C(N)NCCC(=O)N1CCN(c2ccccn2)CC1.I. The van der Waals surface area contributed by atoms with Crippen LogP contribution in [-0.4, -0.2) is 74.2 Å². The van der Waals surface area contributed by atoms with Crippen LogP contribution < -0.4 is 16.0 Å². The quantitative estimate of drug-likeness (QED) is 0.233. The lowest BCUT2D eigenvalue weighted by Gasteiger charge is -2.35. The van der Waals surface area contributed by atoms with Gasteiger partial charge in [0.1, 0.15) is 5.82 Å². The van der Waals surface area contributed by atoms with E-state index in [4.69, 9.17) is 10.5 Å². The Morgan fingerprint density at radius 2 is 2.11 bits per heavy atom. The molecule has 1 aliphatic rings. The highest BCUT2D eigenvalue weighted by Gasteiger charge is 2.21. The Morgan fingerprint density at radius 1 is 1.33 bits per heavy atom. The minimum atomic E-state index is 0. The van der Waals surface area contributed by atoms with Crippen LogP contribution in [0.2, 0.25) is 0 Å². The van der Waals surface area contributed by atoms with E-state index < -0.39 is 0 Å². The van der Waals surface area contributed by atoms with Crippen molar-refractivity contribution in [3.63, 3.8) is 0 Å². The highest BCUT2D eigenvalue weighted by molar-refractivity contribution is 14.0. The number of nitrogens with zero attached hydrogens (tertiary/aromatic N) is 4. The minimum Gasteiger partial charge on any atom is -0.382 e. The molecule has 27 heavy (non-hydrogen) atoms. The van der Waals surface area contributed by atoms with Gasteiger partial charge in [0.05, 0.1) is 0 Å². The molecule has 1 saturated heterocycles. The maximum atomic E-state index is 12.3. The van der Waals surface area contributed by atoms with Crippen molar-refractivity contribution in [1.82, 2.24) is 15.2 Å². The van der Waals surface area contributed by atoms with Crippen molar-refractivity contribution in [2.45, 2.75) is 19.8 Å². The van der Waals surface area contributed by atoms with E-state index in [1.165, 1.54) is 0 Å². The number of hydrogen-bond acceptors (Lipinski definition) is 5. The zero-order valence-corrected chi connectivity index (χ0v) is 18.3. The molecule has 0 bridgehead atoms. The lowest BCUT2D eigenvalue weighted by atomic mass is 10.2. The second-order valence-electron chi connectivity index (χ2n) is 6.05. The largest absolute Gasteiger partial charge is 0.382 e. The normalized spacial score (nSPS) is 14.6. The number of pyridine rings is 1. The second-order valence-corrected chi connectivity index (χ2v) is 6.05. The van der Waals surface area contributed by atoms with Crippen LogP contribution in [0.3, 0.4) is 0 Å². The molecular formula is C18H31IN6O2. The summed E-state index contributed by atoms with van der Waals surface area (Å²) >= 11 is 0. The van der Waals surface area contributed by atoms with E-state index in [0.717, 1.165) is 45.0 Å². The van der Waals surface area contributed by atoms with Crippen molar-refractivity contribution < 1.29 is 9.53 Å². The van der Waals surface area contributed by atoms with E-state index in [9.17, 15) is 4.79 Å². The zero-order chi connectivity index (χ0) is 18.6. The molecule has 0 aliphatic carbocycles. The van der Waals surface area contributed by atoms with Gasteiger partial charge in [-0.05, 0) is 25.5 Å². The number of amides is 1. The van der Waals surface area contributed by atoms with Crippen LogP contribution in [-0.2, 0) is 9.53 Å². The Morgan fingerprint density at radius 3 is 2.78 bits per heavy atom. The summed E-state index contributed by atoms with van der Waals surface area (Å²) in [7, 11) is 0. The smallest absolute Gasteiger partial charge is 0.224 e. The molecule has 0 unspecified atom stereocenters. The zero-order valence-electron chi connectivity index (χ0n) is 16.0.